The Morgan fingerprint density at radius 2 is 1.96 bits per heavy atom. The minimum Gasteiger partial charge on any atom is -0.381 e. The topological polar surface area (TPSA) is 50.4 Å². The Hall–Kier alpha value is -1.43. The van der Waals surface area contributed by atoms with E-state index in [-0.39, 0.29) is 0 Å². The van der Waals surface area contributed by atoms with Crippen molar-refractivity contribution in [3.63, 3.8) is 0 Å². The summed E-state index contributed by atoms with van der Waals surface area (Å²) in [5.74, 6) is 0.554. The highest BCUT2D eigenvalue weighted by molar-refractivity contribution is 5.80. The molecule has 2 aromatic heterocycles. The van der Waals surface area contributed by atoms with Gasteiger partial charge in [0.05, 0.1) is 23.2 Å². The van der Waals surface area contributed by atoms with Crippen LogP contribution in [0.3, 0.4) is 0 Å². The van der Waals surface area contributed by atoms with Crippen LogP contribution in [0.4, 0.5) is 0 Å². The maximum Gasteiger partial charge on any atom is 0.0926 e. The van der Waals surface area contributed by atoms with E-state index in [0.717, 1.165) is 56.7 Å². The van der Waals surface area contributed by atoms with E-state index >= 15 is 0 Å². The molecule has 2 saturated heterocycles. The van der Waals surface area contributed by atoms with Gasteiger partial charge < -0.3 is 14.5 Å². The molecule has 0 spiro atoms. The number of rotatable bonds is 3. The van der Waals surface area contributed by atoms with E-state index in [1.54, 1.807) is 0 Å². The Balaban J connectivity index is 1.67. The van der Waals surface area contributed by atoms with Gasteiger partial charge in [0, 0.05) is 56.2 Å². The molecule has 5 nitrogen and oxygen atoms in total. The van der Waals surface area contributed by atoms with Crippen LogP contribution in [-0.2, 0) is 16.0 Å². The summed E-state index contributed by atoms with van der Waals surface area (Å²) in [6.07, 6.45) is 4.67. The summed E-state index contributed by atoms with van der Waals surface area (Å²) in [6, 6.07) is 4.15. The van der Waals surface area contributed by atoms with Gasteiger partial charge in [0.25, 0.3) is 0 Å². The van der Waals surface area contributed by atoms with Crippen LogP contribution < -0.4 is 0 Å². The lowest BCUT2D eigenvalue weighted by Gasteiger charge is -2.35. The summed E-state index contributed by atoms with van der Waals surface area (Å²) < 4.78 is 11.4. The van der Waals surface area contributed by atoms with Crippen LogP contribution in [0.15, 0.2) is 18.3 Å². The molecule has 2 atom stereocenters. The van der Waals surface area contributed by atoms with Crippen molar-refractivity contribution in [3.8, 4) is 0 Å². The summed E-state index contributed by atoms with van der Waals surface area (Å²) in [7, 11) is 0. The first-order valence-corrected chi connectivity index (χ1v) is 9.11. The average molecular weight is 329 g/mol. The van der Waals surface area contributed by atoms with E-state index in [1.807, 2.05) is 12.3 Å². The number of fused-ring (bicyclic) bond motifs is 1. The molecule has 24 heavy (non-hydrogen) atoms. The van der Waals surface area contributed by atoms with E-state index in [9.17, 15) is 0 Å². The Bertz CT molecular complexity index is 683. The number of aromatic nitrogens is 2. The summed E-state index contributed by atoms with van der Waals surface area (Å²) in [5.41, 5.74) is 5.03. The molecule has 130 valence electrons. The summed E-state index contributed by atoms with van der Waals surface area (Å²) in [5, 5.41) is 0. The third-order valence-electron chi connectivity index (χ3n) is 5.19. The fourth-order valence-electron chi connectivity index (χ4n) is 4.23. The number of nitrogens with zero attached hydrogens (tertiary/aromatic N) is 2. The first kappa shape index (κ1) is 16.1. The zero-order chi connectivity index (χ0) is 16.5. The van der Waals surface area contributed by atoms with Crippen LogP contribution in [0.25, 0.3) is 11.0 Å². The van der Waals surface area contributed by atoms with E-state index in [4.69, 9.17) is 9.47 Å². The van der Waals surface area contributed by atoms with Gasteiger partial charge in [-0.15, -0.1) is 0 Å². The van der Waals surface area contributed by atoms with Crippen molar-refractivity contribution in [2.24, 2.45) is 0 Å². The van der Waals surface area contributed by atoms with Crippen molar-refractivity contribution in [1.82, 2.24) is 14.9 Å². The highest BCUT2D eigenvalue weighted by Crippen LogP contribution is 2.33. The fraction of sp³-hybridized carbons (Fsp3) is 0.632. The Morgan fingerprint density at radius 3 is 2.71 bits per heavy atom. The maximum atomic E-state index is 5.89. The van der Waals surface area contributed by atoms with Gasteiger partial charge in [0.2, 0.25) is 0 Å². The molecule has 2 fully saturated rings. The number of hydrogen-bond acceptors (Lipinski definition) is 4. The molecule has 0 amide bonds. The van der Waals surface area contributed by atoms with Gasteiger partial charge in [0.1, 0.15) is 0 Å². The second-order valence-electron chi connectivity index (χ2n) is 7.25. The average Bonchev–Trinajstić information content (AvgIpc) is 2.94. The van der Waals surface area contributed by atoms with Gasteiger partial charge in [-0.05, 0) is 38.8 Å². The van der Waals surface area contributed by atoms with Crippen LogP contribution in [0.5, 0.6) is 0 Å². The second kappa shape index (κ2) is 6.82. The van der Waals surface area contributed by atoms with Crippen LogP contribution >= 0.6 is 0 Å². The molecule has 0 saturated carbocycles. The number of ether oxygens (including phenoxy) is 2. The number of hydrogen-bond donors (Lipinski definition) is 1. The summed E-state index contributed by atoms with van der Waals surface area (Å²) in [6.45, 7) is 8.96. The summed E-state index contributed by atoms with van der Waals surface area (Å²) in [4.78, 5) is 10.9. The van der Waals surface area contributed by atoms with Crippen LogP contribution in [-0.4, -0.2) is 53.4 Å². The standard InChI is InChI=1S/C19H27N3O2/c1-13-10-22(11-14(2)24-13)12-16-18(15-5-8-23-9-6-15)21-17-4-3-7-20-19(16)17/h3-4,7,13-15,21H,5-6,8-12H2,1-2H3/t13-,14-/m1/s1. The predicted molar refractivity (Wildman–Crippen MR) is 94.2 cm³/mol. The van der Waals surface area contributed by atoms with Crippen molar-refractivity contribution < 1.29 is 9.47 Å². The largest absolute Gasteiger partial charge is 0.381 e. The lowest BCUT2D eigenvalue weighted by molar-refractivity contribution is -0.0705. The third kappa shape index (κ3) is 3.21. The van der Waals surface area contributed by atoms with Crippen LogP contribution in [0.2, 0.25) is 0 Å². The molecule has 2 aliphatic rings. The SMILES string of the molecule is C[C@@H]1CN(Cc2c(C3CCOCC3)[nH]c3cccnc23)C[C@@H](C)O1. The minimum absolute atomic E-state index is 0.290. The molecule has 0 unspecified atom stereocenters. The van der Waals surface area contributed by atoms with Gasteiger partial charge in [-0.25, -0.2) is 0 Å². The summed E-state index contributed by atoms with van der Waals surface area (Å²) >= 11 is 0. The molecule has 2 aromatic rings. The van der Waals surface area contributed by atoms with Crippen molar-refractivity contribution in [2.75, 3.05) is 26.3 Å². The molecule has 0 radical (unpaired) electrons. The Morgan fingerprint density at radius 1 is 1.21 bits per heavy atom. The van der Waals surface area contributed by atoms with Gasteiger partial charge in [-0.1, -0.05) is 0 Å². The molecule has 4 heterocycles. The van der Waals surface area contributed by atoms with Gasteiger partial charge in [-0.3, -0.25) is 9.88 Å². The van der Waals surface area contributed by atoms with Crippen molar-refractivity contribution in [3.05, 3.63) is 29.6 Å². The number of H-pyrrole nitrogens is 1. The molecule has 0 aliphatic carbocycles. The molecular formula is C19H27N3O2. The molecule has 0 aromatic carbocycles. The van der Waals surface area contributed by atoms with E-state index in [1.165, 1.54) is 11.3 Å². The van der Waals surface area contributed by atoms with Crippen LogP contribution in [0.1, 0.15) is 43.9 Å². The zero-order valence-corrected chi connectivity index (χ0v) is 14.6. The van der Waals surface area contributed by atoms with Gasteiger partial charge in [0.15, 0.2) is 0 Å². The first-order valence-electron chi connectivity index (χ1n) is 9.11. The van der Waals surface area contributed by atoms with E-state index < -0.39 is 0 Å². The Labute approximate surface area is 143 Å². The van der Waals surface area contributed by atoms with Gasteiger partial charge >= 0.3 is 0 Å². The third-order valence-corrected chi connectivity index (χ3v) is 5.19. The normalized spacial score (nSPS) is 26.9. The van der Waals surface area contributed by atoms with Gasteiger partial charge in [-0.2, -0.15) is 0 Å². The highest BCUT2D eigenvalue weighted by atomic mass is 16.5. The number of nitrogens with one attached hydrogen (secondary N) is 1. The maximum absolute atomic E-state index is 5.89. The fourth-order valence-corrected chi connectivity index (χ4v) is 4.23. The number of aromatic amines is 1. The quantitative estimate of drug-likeness (QED) is 0.940. The second-order valence-corrected chi connectivity index (χ2v) is 7.25. The van der Waals surface area contributed by atoms with Crippen LogP contribution in [0, 0.1) is 0 Å². The molecule has 0 bridgehead atoms. The predicted octanol–water partition coefficient (Wildman–Crippen LogP) is 3.07. The lowest BCUT2D eigenvalue weighted by Crippen LogP contribution is -2.45. The molecule has 2 aliphatic heterocycles. The molecule has 4 rings (SSSR count). The smallest absolute Gasteiger partial charge is 0.0926 e. The van der Waals surface area contributed by atoms with E-state index in [2.05, 4.69) is 34.8 Å². The highest BCUT2D eigenvalue weighted by Gasteiger charge is 2.27. The lowest BCUT2D eigenvalue weighted by atomic mass is 9.93. The molecule has 1 N–H and O–H groups in total. The van der Waals surface area contributed by atoms with Crippen molar-refractivity contribution in [2.45, 2.75) is 51.4 Å². The first-order chi connectivity index (χ1) is 11.7. The minimum atomic E-state index is 0.290. The Kier molecular flexibility index (Phi) is 4.57. The van der Waals surface area contributed by atoms with E-state index in [0.29, 0.717) is 18.1 Å². The monoisotopic (exact) mass is 329 g/mol. The molecule has 5 heteroatoms. The van der Waals surface area contributed by atoms with Crippen molar-refractivity contribution in [1.29, 1.82) is 0 Å². The number of morpholine rings is 1. The zero-order valence-electron chi connectivity index (χ0n) is 14.6. The number of pyridine rings is 1. The molecular weight excluding hydrogens is 302 g/mol. The van der Waals surface area contributed by atoms with Crippen molar-refractivity contribution >= 4 is 11.0 Å².